The average molecular weight is 421 g/mol. The first-order valence-electron chi connectivity index (χ1n) is 10.1. The van der Waals surface area contributed by atoms with Crippen molar-refractivity contribution in [1.82, 2.24) is 19.6 Å². The highest BCUT2D eigenvalue weighted by Crippen LogP contribution is 2.31. The molecule has 0 fully saturated rings. The van der Waals surface area contributed by atoms with Crippen molar-refractivity contribution in [3.63, 3.8) is 0 Å². The molecule has 3 heterocycles. The van der Waals surface area contributed by atoms with E-state index in [1.54, 1.807) is 10.6 Å². The molecule has 0 unspecified atom stereocenters. The molecular weight excluding hydrogens is 402 g/mol. The van der Waals surface area contributed by atoms with E-state index < -0.39 is 5.97 Å². The second-order valence-corrected chi connectivity index (χ2v) is 7.25. The third kappa shape index (κ3) is 3.79. The van der Waals surface area contributed by atoms with Crippen molar-refractivity contribution in [1.29, 1.82) is 0 Å². The fourth-order valence-corrected chi connectivity index (χ4v) is 3.56. The van der Waals surface area contributed by atoms with Gasteiger partial charge in [0.25, 0.3) is 0 Å². The maximum atomic E-state index is 11.1. The van der Waals surface area contributed by atoms with Crippen molar-refractivity contribution >= 4 is 17.3 Å². The minimum absolute atomic E-state index is 0.0235. The van der Waals surface area contributed by atoms with Crippen LogP contribution in [0, 0.1) is 0 Å². The highest BCUT2D eigenvalue weighted by molar-refractivity contribution is 5.89. The fraction of sp³-hybridized carbons (Fsp3) is 0.0400. The topological polar surface area (TPSA) is 92.4 Å². The van der Waals surface area contributed by atoms with E-state index >= 15 is 0 Å². The fourth-order valence-electron chi connectivity index (χ4n) is 3.56. The third-order valence-corrected chi connectivity index (χ3v) is 5.14. The van der Waals surface area contributed by atoms with Gasteiger partial charge >= 0.3 is 5.97 Å². The lowest BCUT2D eigenvalue weighted by Crippen LogP contribution is -2.07. The molecule has 2 aromatic carbocycles. The SMILES string of the molecule is O=C(O)c1ccc(-c2nc(NCc3ccccc3)c3c(-c4ccccc4)ccn3n2)cn1. The third-order valence-electron chi connectivity index (χ3n) is 5.14. The standard InChI is InChI=1S/C25H19N5O2/c31-25(32)21-12-11-19(16-26-21)23-28-24(27-15-17-7-3-1-4-8-17)22-20(13-14-30(22)29-23)18-9-5-2-6-10-18/h1-14,16H,15H2,(H,31,32)(H,27,28,29). The Hall–Kier alpha value is -4.52. The smallest absolute Gasteiger partial charge is 0.354 e. The summed E-state index contributed by atoms with van der Waals surface area (Å²) in [5.41, 5.74) is 4.70. The van der Waals surface area contributed by atoms with Crippen LogP contribution in [0.1, 0.15) is 16.1 Å². The van der Waals surface area contributed by atoms with Crippen LogP contribution in [0.25, 0.3) is 28.0 Å². The summed E-state index contributed by atoms with van der Waals surface area (Å²) in [7, 11) is 0. The molecular formula is C25H19N5O2. The van der Waals surface area contributed by atoms with E-state index in [9.17, 15) is 4.79 Å². The number of nitrogens with zero attached hydrogens (tertiary/aromatic N) is 4. The van der Waals surface area contributed by atoms with E-state index in [-0.39, 0.29) is 5.69 Å². The van der Waals surface area contributed by atoms with E-state index in [0.717, 1.165) is 22.2 Å². The van der Waals surface area contributed by atoms with E-state index in [0.29, 0.717) is 23.8 Å². The molecule has 5 aromatic rings. The van der Waals surface area contributed by atoms with Crippen molar-refractivity contribution in [2.24, 2.45) is 0 Å². The van der Waals surface area contributed by atoms with Gasteiger partial charge in [0.2, 0.25) is 0 Å². The van der Waals surface area contributed by atoms with Crippen LogP contribution in [0.5, 0.6) is 0 Å². The molecule has 156 valence electrons. The Bertz CT molecular complexity index is 1380. The van der Waals surface area contributed by atoms with Gasteiger partial charge in [-0.2, -0.15) is 0 Å². The Morgan fingerprint density at radius 2 is 1.66 bits per heavy atom. The van der Waals surface area contributed by atoms with Crippen molar-refractivity contribution < 1.29 is 9.90 Å². The molecule has 0 amide bonds. The number of carboxylic acid groups (broad SMARTS) is 1. The summed E-state index contributed by atoms with van der Waals surface area (Å²) in [4.78, 5) is 19.9. The molecule has 3 aromatic heterocycles. The number of aromatic carboxylic acids is 1. The van der Waals surface area contributed by atoms with Gasteiger partial charge in [-0.25, -0.2) is 19.3 Å². The Kier molecular flexibility index (Phi) is 5.05. The minimum atomic E-state index is -1.07. The van der Waals surface area contributed by atoms with E-state index in [1.165, 1.54) is 12.3 Å². The maximum Gasteiger partial charge on any atom is 0.354 e. The van der Waals surface area contributed by atoms with Crippen LogP contribution in [0.3, 0.4) is 0 Å². The maximum absolute atomic E-state index is 11.1. The Balaban J connectivity index is 1.61. The van der Waals surface area contributed by atoms with Crippen molar-refractivity contribution in [3.8, 4) is 22.5 Å². The molecule has 0 aliphatic rings. The van der Waals surface area contributed by atoms with E-state index in [2.05, 4.69) is 39.7 Å². The van der Waals surface area contributed by atoms with Crippen LogP contribution < -0.4 is 5.32 Å². The monoisotopic (exact) mass is 421 g/mol. The Morgan fingerprint density at radius 1 is 0.906 bits per heavy atom. The molecule has 2 N–H and O–H groups in total. The predicted octanol–water partition coefficient (Wildman–Crippen LogP) is 4.77. The first-order chi connectivity index (χ1) is 15.7. The number of nitrogens with one attached hydrogen (secondary N) is 1. The van der Waals surface area contributed by atoms with Crippen LogP contribution >= 0.6 is 0 Å². The number of aromatic nitrogens is 4. The number of anilines is 1. The van der Waals surface area contributed by atoms with Crippen molar-refractivity contribution in [2.75, 3.05) is 5.32 Å². The van der Waals surface area contributed by atoms with Gasteiger partial charge in [0.15, 0.2) is 11.6 Å². The van der Waals surface area contributed by atoms with Gasteiger partial charge in [0.05, 0.1) is 0 Å². The van der Waals surface area contributed by atoms with Gasteiger partial charge in [-0.1, -0.05) is 60.7 Å². The lowest BCUT2D eigenvalue weighted by molar-refractivity contribution is 0.0690. The van der Waals surface area contributed by atoms with Crippen LogP contribution in [0.2, 0.25) is 0 Å². The van der Waals surface area contributed by atoms with Gasteiger partial charge in [0.1, 0.15) is 11.2 Å². The van der Waals surface area contributed by atoms with Gasteiger partial charge in [-0.15, -0.1) is 5.10 Å². The summed E-state index contributed by atoms with van der Waals surface area (Å²) in [5.74, 6) is 0.0637. The highest BCUT2D eigenvalue weighted by atomic mass is 16.4. The van der Waals surface area contributed by atoms with Gasteiger partial charge < -0.3 is 10.4 Å². The number of carboxylic acids is 1. The summed E-state index contributed by atoms with van der Waals surface area (Å²) in [6.07, 6.45) is 3.38. The normalized spacial score (nSPS) is 10.9. The molecule has 0 saturated heterocycles. The van der Waals surface area contributed by atoms with E-state index in [4.69, 9.17) is 10.1 Å². The molecule has 32 heavy (non-hydrogen) atoms. The molecule has 0 saturated carbocycles. The summed E-state index contributed by atoms with van der Waals surface area (Å²) in [5, 5.41) is 17.2. The highest BCUT2D eigenvalue weighted by Gasteiger charge is 2.16. The molecule has 0 aliphatic heterocycles. The second kappa shape index (κ2) is 8.31. The summed E-state index contributed by atoms with van der Waals surface area (Å²) < 4.78 is 1.79. The molecule has 0 radical (unpaired) electrons. The summed E-state index contributed by atoms with van der Waals surface area (Å²) >= 11 is 0. The number of benzene rings is 2. The first-order valence-corrected chi connectivity index (χ1v) is 10.1. The number of pyridine rings is 1. The van der Waals surface area contributed by atoms with Crippen molar-refractivity contribution in [2.45, 2.75) is 6.54 Å². The quantitative estimate of drug-likeness (QED) is 0.410. The minimum Gasteiger partial charge on any atom is -0.477 e. The molecule has 0 atom stereocenters. The van der Waals surface area contributed by atoms with Crippen LogP contribution in [-0.4, -0.2) is 30.7 Å². The number of hydrogen-bond acceptors (Lipinski definition) is 5. The molecule has 0 spiro atoms. The molecule has 5 rings (SSSR count). The second-order valence-electron chi connectivity index (χ2n) is 7.25. The largest absolute Gasteiger partial charge is 0.477 e. The lowest BCUT2D eigenvalue weighted by atomic mass is 10.1. The number of carbonyl (C=O) groups is 1. The zero-order valence-electron chi connectivity index (χ0n) is 17.0. The molecule has 0 bridgehead atoms. The average Bonchev–Trinajstić information content (AvgIpc) is 3.28. The zero-order valence-corrected chi connectivity index (χ0v) is 17.0. The predicted molar refractivity (Wildman–Crippen MR) is 122 cm³/mol. The number of fused-ring (bicyclic) bond motifs is 1. The van der Waals surface area contributed by atoms with Gasteiger partial charge in [0, 0.05) is 30.1 Å². The van der Waals surface area contributed by atoms with E-state index in [1.807, 2.05) is 48.7 Å². The van der Waals surface area contributed by atoms with Gasteiger partial charge in [-0.3, -0.25) is 0 Å². The lowest BCUT2D eigenvalue weighted by Gasteiger charge is -2.12. The zero-order chi connectivity index (χ0) is 21.9. The van der Waals surface area contributed by atoms with Gasteiger partial charge in [-0.05, 0) is 29.3 Å². The number of hydrogen-bond donors (Lipinski definition) is 2. The molecule has 0 aliphatic carbocycles. The Morgan fingerprint density at radius 3 is 2.34 bits per heavy atom. The molecule has 7 heteroatoms. The van der Waals surface area contributed by atoms with Crippen LogP contribution in [0.4, 0.5) is 5.82 Å². The molecule has 7 nitrogen and oxygen atoms in total. The van der Waals surface area contributed by atoms with Crippen LogP contribution in [-0.2, 0) is 6.54 Å². The summed E-state index contributed by atoms with van der Waals surface area (Å²) in [6, 6.07) is 25.3. The number of rotatable bonds is 6. The van der Waals surface area contributed by atoms with Crippen LogP contribution in [0.15, 0.2) is 91.3 Å². The Labute approximate surface area is 184 Å². The van der Waals surface area contributed by atoms with Crippen molar-refractivity contribution in [3.05, 3.63) is 103 Å². The first kappa shape index (κ1) is 19.4. The summed E-state index contributed by atoms with van der Waals surface area (Å²) in [6.45, 7) is 0.600.